The van der Waals surface area contributed by atoms with Gasteiger partial charge in [0.05, 0.1) is 12.7 Å². The molecule has 0 aromatic carbocycles. The van der Waals surface area contributed by atoms with E-state index < -0.39 is 0 Å². The molecule has 0 aromatic heterocycles. The molecule has 1 aliphatic rings. The number of aliphatic hydroxyl groups excluding tert-OH is 1. The van der Waals surface area contributed by atoms with Crippen LogP contribution in [0.4, 0.5) is 0 Å². The van der Waals surface area contributed by atoms with E-state index in [0.717, 1.165) is 6.61 Å². The minimum Gasteiger partial charge on any atom is -0.389 e. The highest BCUT2D eigenvalue weighted by Crippen LogP contribution is 2.30. The summed E-state index contributed by atoms with van der Waals surface area (Å²) in [5, 5.41) is 13.1. The van der Waals surface area contributed by atoms with Gasteiger partial charge in [0.15, 0.2) is 0 Å². The molecule has 0 spiro atoms. The van der Waals surface area contributed by atoms with Crippen molar-refractivity contribution in [3.8, 4) is 0 Å². The number of aliphatic hydroxyl groups is 1. The molecular weight excluding hydrogens is 190 g/mol. The highest BCUT2D eigenvalue weighted by atomic mass is 16.5. The Morgan fingerprint density at radius 2 is 2.00 bits per heavy atom. The fourth-order valence-corrected chi connectivity index (χ4v) is 1.75. The second kappa shape index (κ2) is 5.83. The number of rotatable bonds is 7. The topological polar surface area (TPSA) is 41.5 Å². The lowest BCUT2D eigenvalue weighted by molar-refractivity contribution is 0.0196. The van der Waals surface area contributed by atoms with Crippen LogP contribution in [0.3, 0.4) is 0 Å². The highest BCUT2D eigenvalue weighted by molar-refractivity contribution is 4.91. The maximum Gasteiger partial charge on any atom is 0.0897 e. The molecule has 0 aliphatic heterocycles. The molecular formula is C12H25NO2. The average molecular weight is 215 g/mol. The summed E-state index contributed by atoms with van der Waals surface area (Å²) in [4.78, 5) is 0. The normalized spacial score (nSPS) is 21.4. The molecule has 1 fully saturated rings. The zero-order valence-electron chi connectivity index (χ0n) is 10.3. The van der Waals surface area contributed by atoms with Crippen LogP contribution in [0.25, 0.3) is 0 Å². The van der Waals surface area contributed by atoms with Crippen LogP contribution in [0.1, 0.15) is 40.0 Å². The second-order valence-electron chi connectivity index (χ2n) is 5.38. The predicted molar refractivity (Wildman–Crippen MR) is 61.9 cm³/mol. The van der Waals surface area contributed by atoms with E-state index in [-0.39, 0.29) is 11.6 Å². The zero-order chi connectivity index (χ0) is 11.3. The van der Waals surface area contributed by atoms with Gasteiger partial charge in [-0.15, -0.1) is 0 Å². The van der Waals surface area contributed by atoms with Crippen LogP contribution in [0, 0.1) is 5.92 Å². The minimum atomic E-state index is -0.374. The molecule has 0 radical (unpaired) electrons. The van der Waals surface area contributed by atoms with E-state index in [1.165, 1.54) is 19.3 Å². The van der Waals surface area contributed by atoms with E-state index in [0.29, 0.717) is 19.1 Å². The summed E-state index contributed by atoms with van der Waals surface area (Å²) in [5.41, 5.74) is 0.277. The molecule has 15 heavy (non-hydrogen) atoms. The SMILES string of the molecule is CC(C)COCC(O)CNC1(C)CCC1. The maximum absolute atomic E-state index is 9.66. The smallest absolute Gasteiger partial charge is 0.0897 e. The molecule has 3 heteroatoms. The monoisotopic (exact) mass is 215 g/mol. The van der Waals surface area contributed by atoms with Crippen LogP contribution in [0.2, 0.25) is 0 Å². The van der Waals surface area contributed by atoms with Crippen LogP contribution in [-0.2, 0) is 4.74 Å². The Morgan fingerprint density at radius 3 is 2.47 bits per heavy atom. The molecule has 0 aromatic rings. The van der Waals surface area contributed by atoms with Crippen molar-refractivity contribution in [2.75, 3.05) is 19.8 Å². The van der Waals surface area contributed by atoms with Crippen molar-refractivity contribution in [1.82, 2.24) is 5.32 Å². The van der Waals surface area contributed by atoms with Gasteiger partial charge in [0.25, 0.3) is 0 Å². The number of nitrogens with one attached hydrogen (secondary N) is 1. The van der Waals surface area contributed by atoms with Gasteiger partial charge in [0.2, 0.25) is 0 Å². The van der Waals surface area contributed by atoms with Crippen LogP contribution in [-0.4, -0.2) is 36.5 Å². The third kappa shape index (κ3) is 4.96. The Labute approximate surface area is 93.2 Å². The van der Waals surface area contributed by atoms with Gasteiger partial charge < -0.3 is 15.2 Å². The first-order valence-electron chi connectivity index (χ1n) is 6.03. The van der Waals surface area contributed by atoms with E-state index >= 15 is 0 Å². The molecule has 90 valence electrons. The molecule has 0 saturated heterocycles. The molecule has 1 saturated carbocycles. The van der Waals surface area contributed by atoms with Crippen molar-refractivity contribution in [3.05, 3.63) is 0 Å². The van der Waals surface area contributed by atoms with Crippen molar-refractivity contribution in [1.29, 1.82) is 0 Å². The number of β-amino-alcohol motifs (C(OH)–C–C–N with tert-alkyl or cyclic N) is 1. The maximum atomic E-state index is 9.66. The van der Waals surface area contributed by atoms with Gasteiger partial charge in [-0.3, -0.25) is 0 Å². The average Bonchev–Trinajstić information content (AvgIpc) is 2.11. The molecule has 1 rings (SSSR count). The first kappa shape index (κ1) is 12.9. The molecule has 1 atom stereocenters. The lowest BCUT2D eigenvalue weighted by Gasteiger charge is -2.40. The molecule has 0 heterocycles. The standard InChI is InChI=1S/C12H25NO2/c1-10(2)8-15-9-11(14)7-13-12(3)5-4-6-12/h10-11,13-14H,4-9H2,1-3H3. The van der Waals surface area contributed by atoms with Crippen molar-refractivity contribution < 1.29 is 9.84 Å². The van der Waals surface area contributed by atoms with E-state index in [2.05, 4.69) is 26.1 Å². The van der Waals surface area contributed by atoms with Crippen molar-refractivity contribution >= 4 is 0 Å². The van der Waals surface area contributed by atoms with Gasteiger partial charge in [-0.05, 0) is 32.1 Å². The fraction of sp³-hybridized carbons (Fsp3) is 1.00. The van der Waals surface area contributed by atoms with Gasteiger partial charge in [0, 0.05) is 18.7 Å². The van der Waals surface area contributed by atoms with E-state index in [4.69, 9.17) is 4.74 Å². The van der Waals surface area contributed by atoms with E-state index in [9.17, 15) is 5.11 Å². The highest BCUT2D eigenvalue weighted by Gasteiger charge is 2.31. The van der Waals surface area contributed by atoms with Gasteiger partial charge in [-0.2, -0.15) is 0 Å². The van der Waals surface area contributed by atoms with Crippen LogP contribution in [0.15, 0.2) is 0 Å². The van der Waals surface area contributed by atoms with Crippen molar-refractivity contribution in [2.45, 2.75) is 51.7 Å². The summed E-state index contributed by atoms with van der Waals surface area (Å²) in [6, 6.07) is 0. The Kier molecular flexibility index (Phi) is 5.03. The molecule has 0 bridgehead atoms. The summed E-state index contributed by atoms with van der Waals surface area (Å²) in [6.45, 7) is 8.27. The minimum absolute atomic E-state index is 0.277. The molecule has 1 aliphatic carbocycles. The zero-order valence-corrected chi connectivity index (χ0v) is 10.3. The van der Waals surface area contributed by atoms with Crippen molar-refractivity contribution in [2.24, 2.45) is 5.92 Å². The van der Waals surface area contributed by atoms with Crippen LogP contribution >= 0.6 is 0 Å². The van der Waals surface area contributed by atoms with Crippen LogP contribution in [0.5, 0.6) is 0 Å². The summed E-state index contributed by atoms with van der Waals surface area (Å²) in [5.74, 6) is 0.536. The summed E-state index contributed by atoms with van der Waals surface area (Å²) in [6.07, 6.45) is 3.39. The molecule has 0 amide bonds. The Balaban J connectivity index is 2.00. The Bertz CT molecular complexity index is 178. The third-order valence-corrected chi connectivity index (χ3v) is 2.98. The van der Waals surface area contributed by atoms with Crippen molar-refractivity contribution in [3.63, 3.8) is 0 Å². The quantitative estimate of drug-likeness (QED) is 0.677. The number of hydrogen-bond acceptors (Lipinski definition) is 3. The number of ether oxygens (including phenoxy) is 1. The first-order valence-corrected chi connectivity index (χ1v) is 6.03. The Hall–Kier alpha value is -0.120. The molecule has 2 N–H and O–H groups in total. The lowest BCUT2D eigenvalue weighted by Crippen LogP contribution is -2.51. The van der Waals surface area contributed by atoms with Gasteiger partial charge in [-0.25, -0.2) is 0 Å². The third-order valence-electron chi connectivity index (χ3n) is 2.98. The summed E-state index contributed by atoms with van der Waals surface area (Å²) < 4.78 is 5.38. The Morgan fingerprint density at radius 1 is 1.33 bits per heavy atom. The van der Waals surface area contributed by atoms with Gasteiger partial charge >= 0.3 is 0 Å². The fourth-order valence-electron chi connectivity index (χ4n) is 1.75. The summed E-state index contributed by atoms with van der Waals surface area (Å²) in [7, 11) is 0. The first-order chi connectivity index (χ1) is 7.02. The number of hydrogen-bond donors (Lipinski definition) is 2. The molecule has 3 nitrogen and oxygen atoms in total. The van der Waals surface area contributed by atoms with Gasteiger partial charge in [-0.1, -0.05) is 13.8 Å². The second-order valence-corrected chi connectivity index (χ2v) is 5.38. The lowest BCUT2D eigenvalue weighted by atomic mass is 9.78. The van der Waals surface area contributed by atoms with E-state index in [1.54, 1.807) is 0 Å². The van der Waals surface area contributed by atoms with Gasteiger partial charge in [0.1, 0.15) is 0 Å². The largest absolute Gasteiger partial charge is 0.389 e. The predicted octanol–water partition coefficient (Wildman–Crippen LogP) is 1.55. The summed E-state index contributed by atoms with van der Waals surface area (Å²) >= 11 is 0. The molecule has 1 unspecified atom stereocenters. The van der Waals surface area contributed by atoms with Crippen LogP contribution < -0.4 is 5.32 Å². The van der Waals surface area contributed by atoms with E-state index in [1.807, 2.05) is 0 Å².